The third-order valence-corrected chi connectivity index (χ3v) is 5.65. The highest BCUT2D eigenvalue weighted by atomic mass is 32.2. The molecule has 6 nitrogen and oxygen atoms in total. The highest BCUT2D eigenvalue weighted by molar-refractivity contribution is 8.00. The molecule has 0 aliphatic heterocycles. The Morgan fingerprint density at radius 2 is 1.85 bits per heavy atom. The maximum absolute atomic E-state index is 12.7. The van der Waals surface area contributed by atoms with Gasteiger partial charge in [-0.1, -0.05) is 11.8 Å². The van der Waals surface area contributed by atoms with E-state index in [0.717, 1.165) is 34.7 Å². The highest BCUT2D eigenvalue weighted by Gasteiger charge is 2.30. The minimum absolute atomic E-state index is 0.0390. The van der Waals surface area contributed by atoms with Crippen molar-refractivity contribution in [3.63, 3.8) is 0 Å². The molecule has 2 aromatic heterocycles. The van der Waals surface area contributed by atoms with Crippen molar-refractivity contribution in [3.8, 4) is 17.0 Å². The van der Waals surface area contributed by atoms with Crippen molar-refractivity contribution in [3.05, 3.63) is 72.6 Å². The summed E-state index contributed by atoms with van der Waals surface area (Å²) in [6.45, 7) is 2.51. The van der Waals surface area contributed by atoms with Crippen molar-refractivity contribution in [2.24, 2.45) is 0 Å². The van der Waals surface area contributed by atoms with Gasteiger partial charge in [0.1, 0.15) is 10.8 Å². The number of benzene rings is 2. The van der Waals surface area contributed by atoms with Crippen LogP contribution in [-0.2, 0) is 11.0 Å². The summed E-state index contributed by atoms with van der Waals surface area (Å²) in [5.74, 6) is 0.467. The Labute approximate surface area is 191 Å². The molecule has 0 unspecified atom stereocenters. The zero-order valence-electron chi connectivity index (χ0n) is 17.5. The fourth-order valence-corrected chi connectivity index (χ4v) is 3.89. The average molecular weight is 472 g/mol. The molecule has 1 amide bonds. The molecule has 0 radical (unpaired) electrons. The number of aromatic nitrogens is 3. The molecule has 170 valence electrons. The molecule has 0 fully saturated rings. The van der Waals surface area contributed by atoms with Gasteiger partial charge >= 0.3 is 6.18 Å². The van der Waals surface area contributed by atoms with Gasteiger partial charge in [-0.3, -0.25) is 4.79 Å². The molecule has 1 N–H and O–H groups in total. The van der Waals surface area contributed by atoms with Gasteiger partial charge in [0.25, 0.3) is 0 Å². The van der Waals surface area contributed by atoms with Gasteiger partial charge in [0.2, 0.25) is 5.91 Å². The third kappa shape index (κ3) is 5.46. The fourth-order valence-electron chi connectivity index (χ4n) is 3.11. The summed E-state index contributed by atoms with van der Waals surface area (Å²) in [5, 5.41) is 7.78. The summed E-state index contributed by atoms with van der Waals surface area (Å²) in [4.78, 5) is 16.6. The van der Waals surface area contributed by atoms with Crippen LogP contribution in [0.3, 0.4) is 0 Å². The molecule has 2 heterocycles. The first-order chi connectivity index (χ1) is 15.8. The monoisotopic (exact) mass is 472 g/mol. The number of anilines is 1. The number of nitrogens with one attached hydrogen (secondary N) is 1. The van der Waals surface area contributed by atoms with E-state index in [1.165, 1.54) is 23.9 Å². The first kappa shape index (κ1) is 22.7. The van der Waals surface area contributed by atoms with Crippen LogP contribution >= 0.6 is 11.8 Å². The number of carbonyl (C=O) groups excluding carboxylic acids is 1. The summed E-state index contributed by atoms with van der Waals surface area (Å²) >= 11 is 1.22. The van der Waals surface area contributed by atoms with Gasteiger partial charge in [0.15, 0.2) is 0 Å². The molecule has 2 aromatic carbocycles. The van der Waals surface area contributed by atoms with Crippen LogP contribution in [0.4, 0.5) is 18.9 Å². The van der Waals surface area contributed by atoms with E-state index in [-0.39, 0.29) is 11.7 Å². The molecule has 0 bridgehead atoms. The number of nitrogens with zero attached hydrogens (tertiary/aromatic N) is 3. The molecule has 4 aromatic rings. The van der Waals surface area contributed by atoms with Crippen LogP contribution in [0, 0.1) is 0 Å². The molecule has 0 aliphatic carbocycles. The standard InChI is InChI=1S/C23H19F3N4O2S/c1-2-32-18-9-3-15(4-10-18)19-13-20-22(27-11-12-30(20)29-19)33-14-21(31)28-17-7-5-16(6-8-17)23(24,25)26/h3-13H,2,14H2,1H3,(H,28,31). The Kier molecular flexibility index (Phi) is 6.55. The molecular formula is C23H19F3N4O2S. The van der Waals surface area contributed by atoms with Gasteiger partial charge in [-0.15, -0.1) is 0 Å². The number of hydrogen-bond donors (Lipinski definition) is 1. The van der Waals surface area contributed by atoms with E-state index >= 15 is 0 Å². The Balaban J connectivity index is 1.44. The number of halogens is 3. The number of fused-ring (bicyclic) bond motifs is 1. The van der Waals surface area contributed by atoms with Crippen molar-refractivity contribution in [1.82, 2.24) is 14.6 Å². The van der Waals surface area contributed by atoms with Crippen LogP contribution in [0.5, 0.6) is 5.75 Å². The molecule has 0 spiro atoms. The van der Waals surface area contributed by atoms with Gasteiger partial charge in [-0.05, 0) is 61.5 Å². The molecule has 0 aliphatic rings. The number of thioether (sulfide) groups is 1. The van der Waals surface area contributed by atoms with Crippen LogP contribution in [0.1, 0.15) is 12.5 Å². The summed E-state index contributed by atoms with van der Waals surface area (Å²) in [6.07, 6.45) is -1.10. The minimum Gasteiger partial charge on any atom is -0.494 e. The van der Waals surface area contributed by atoms with Gasteiger partial charge in [0.05, 0.1) is 29.1 Å². The van der Waals surface area contributed by atoms with E-state index in [1.54, 1.807) is 16.9 Å². The predicted octanol–water partition coefficient (Wildman–Crippen LogP) is 5.54. The normalized spacial score (nSPS) is 11.5. The second-order valence-electron chi connectivity index (χ2n) is 6.96. The maximum atomic E-state index is 12.7. The summed E-state index contributed by atoms with van der Waals surface area (Å²) in [5.41, 5.74) is 1.94. The van der Waals surface area contributed by atoms with E-state index in [9.17, 15) is 18.0 Å². The van der Waals surface area contributed by atoms with Crippen LogP contribution in [0.25, 0.3) is 16.8 Å². The summed E-state index contributed by atoms with van der Waals surface area (Å²) < 4.78 is 45.2. The second kappa shape index (κ2) is 9.53. The molecule has 0 saturated carbocycles. The van der Waals surface area contributed by atoms with E-state index in [0.29, 0.717) is 17.3 Å². The van der Waals surface area contributed by atoms with Gasteiger partial charge in [-0.2, -0.15) is 18.3 Å². The van der Waals surface area contributed by atoms with Gasteiger partial charge in [0, 0.05) is 23.6 Å². The van der Waals surface area contributed by atoms with Gasteiger partial charge in [-0.25, -0.2) is 9.50 Å². The largest absolute Gasteiger partial charge is 0.494 e. The van der Waals surface area contributed by atoms with Crippen LogP contribution < -0.4 is 10.1 Å². The molecule has 10 heteroatoms. The van der Waals surface area contributed by atoms with Crippen molar-refractivity contribution in [1.29, 1.82) is 0 Å². The zero-order valence-corrected chi connectivity index (χ0v) is 18.3. The first-order valence-electron chi connectivity index (χ1n) is 10.0. The maximum Gasteiger partial charge on any atom is 0.416 e. The first-order valence-corrected chi connectivity index (χ1v) is 11.0. The lowest BCUT2D eigenvalue weighted by molar-refractivity contribution is -0.137. The number of alkyl halides is 3. The SMILES string of the molecule is CCOc1ccc(-c2cc3c(SCC(=O)Nc4ccc(C(F)(F)F)cc4)nccn3n2)cc1. The lowest BCUT2D eigenvalue weighted by Crippen LogP contribution is -2.14. The van der Waals surface area contributed by atoms with Crippen LogP contribution in [0.2, 0.25) is 0 Å². The minimum atomic E-state index is -4.42. The second-order valence-corrected chi connectivity index (χ2v) is 7.93. The van der Waals surface area contributed by atoms with Gasteiger partial charge < -0.3 is 10.1 Å². The Morgan fingerprint density at radius 1 is 1.12 bits per heavy atom. The van der Waals surface area contributed by atoms with E-state index in [1.807, 2.05) is 37.3 Å². The Hall–Kier alpha value is -3.53. The number of amides is 1. The van der Waals surface area contributed by atoms with Crippen molar-refractivity contribution in [2.75, 3.05) is 17.7 Å². The smallest absolute Gasteiger partial charge is 0.416 e. The summed E-state index contributed by atoms with van der Waals surface area (Å²) in [6, 6.07) is 13.8. The lowest BCUT2D eigenvalue weighted by Gasteiger charge is -2.09. The topological polar surface area (TPSA) is 68.5 Å². The number of carbonyl (C=O) groups is 1. The predicted molar refractivity (Wildman–Crippen MR) is 120 cm³/mol. The molecular weight excluding hydrogens is 453 g/mol. The lowest BCUT2D eigenvalue weighted by atomic mass is 10.1. The number of rotatable bonds is 7. The quantitative estimate of drug-likeness (QED) is 0.358. The Bertz CT molecular complexity index is 1260. The molecule has 0 saturated heterocycles. The van der Waals surface area contributed by atoms with Crippen molar-refractivity contribution in [2.45, 2.75) is 18.1 Å². The molecule has 4 rings (SSSR count). The number of ether oxygens (including phenoxy) is 1. The average Bonchev–Trinajstić information content (AvgIpc) is 3.23. The number of hydrogen-bond acceptors (Lipinski definition) is 5. The van der Waals surface area contributed by atoms with E-state index in [4.69, 9.17) is 4.74 Å². The van der Waals surface area contributed by atoms with Crippen LogP contribution in [0.15, 0.2) is 72.0 Å². The zero-order chi connectivity index (χ0) is 23.4. The van der Waals surface area contributed by atoms with E-state index < -0.39 is 11.7 Å². The van der Waals surface area contributed by atoms with E-state index in [2.05, 4.69) is 15.4 Å². The van der Waals surface area contributed by atoms with Crippen molar-refractivity contribution >= 4 is 28.9 Å². The molecule has 0 atom stereocenters. The van der Waals surface area contributed by atoms with Crippen LogP contribution in [-0.4, -0.2) is 32.9 Å². The fraction of sp³-hybridized carbons (Fsp3) is 0.174. The molecule has 33 heavy (non-hydrogen) atoms. The van der Waals surface area contributed by atoms with Crippen molar-refractivity contribution < 1.29 is 22.7 Å². The Morgan fingerprint density at radius 3 is 2.52 bits per heavy atom. The summed E-state index contributed by atoms with van der Waals surface area (Å²) in [7, 11) is 0. The highest BCUT2D eigenvalue weighted by Crippen LogP contribution is 2.30. The third-order valence-electron chi connectivity index (χ3n) is 4.65.